The fourth-order valence-electron chi connectivity index (χ4n) is 3.49. The molecule has 1 aromatic rings. The summed E-state index contributed by atoms with van der Waals surface area (Å²) in [5.41, 5.74) is 1.22. The van der Waals surface area contributed by atoms with E-state index in [1.807, 2.05) is 6.07 Å². The third kappa shape index (κ3) is 6.41. The van der Waals surface area contributed by atoms with E-state index in [-0.39, 0.29) is 24.0 Å². The number of hydrogen-bond acceptors (Lipinski definition) is 4. The number of hydrogen-bond donors (Lipinski definition) is 2. The predicted molar refractivity (Wildman–Crippen MR) is 120 cm³/mol. The highest BCUT2D eigenvalue weighted by Crippen LogP contribution is 2.29. The normalized spacial score (nSPS) is 24.9. The molecule has 2 fully saturated rings. The Morgan fingerprint density at radius 2 is 1.85 bits per heavy atom. The molecule has 1 saturated heterocycles. The van der Waals surface area contributed by atoms with E-state index in [0.29, 0.717) is 12.1 Å². The standard InChI is InChI=1S/C20H32N4O2.HI/c1-5-21-20(23-19-8-14(19)2)22-16-6-7-24(13-16)12-15-9-17(25-3)11-18(10-15)26-4;/h9-11,14,16,19H,5-8,12-13H2,1-4H3,(H2,21,22,23);1H. The van der Waals surface area contributed by atoms with Gasteiger partial charge in [0.2, 0.25) is 0 Å². The molecule has 1 aromatic carbocycles. The van der Waals surface area contributed by atoms with Crippen LogP contribution >= 0.6 is 24.0 Å². The quantitative estimate of drug-likeness (QED) is 0.351. The molecular weight excluding hydrogens is 455 g/mol. The van der Waals surface area contributed by atoms with Gasteiger partial charge >= 0.3 is 0 Å². The van der Waals surface area contributed by atoms with Crippen molar-refractivity contribution in [3.63, 3.8) is 0 Å². The van der Waals surface area contributed by atoms with Crippen LogP contribution in [0.5, 0.6) is 11.5 Å². The Bertz CT molecular complexity index is 618. The summed E-state index contributed by atoms with van der Waals surface area (Å²) in [7, 11) is 3.38. The van der Waals surface area contributed by atoms with Gasteiger partial charge in [-0.05, 0) is 43.4 Å². The number of methoxy groups -OCH3 is 2. The van der Waals surface area contributed by atoms with Crippen molar-refractivity contribution in [3.05, 3.63) is 23.8 Å². The lowest BCUT2D eigenvalue weighted by atomic mass is 10.2. The Morgan fingerprint density at radius 1 is 1.19 bits per heavy atom. The molecule has 27 heavy (non-hydrogen) atoms. The number of halogens is 1. The summed E-state index contributed by atoms with van der Waals surface area (Å²) in [6.45, 7) is 8.16. The van der Waals surface area contributed by atoms with Gasteiger partial charge in [-0.1, -0.05) is 6.92 Å². The minimum atomic E-state index is 0. The van der Waals surface area contributed by atoms with E-state index < -0.39 is 0 Å². The molecule has 3 unspecified atom stereocenters. The van der Waals surface area contributed by atoms with Gasteiger partial charge in [0.05, 0.1) is 14.2 Å². The molecular formula is C20H33IN4O2. The topological polar surface area (TPSA) is 58.1 Å². The SMILES string of the molecule is CCN=C(NC1CCN(Cc2cc(OC)cc(OC)c2)C1)NC1CC1C.I. The van der Waals surface area contributed by atoms with Crippen molar-refractivity contribution in [3.8, 4) is 11.5 Å². The highest BCUT2D eigenvalue weighted by molar-refractivity contribution is 14.0. The monoisotopic (exact) mass is 488 g/mol. The van der Waals surface area contributed by atoms with Crippen molar-refractivity contribution in [2.75, 3.05) is 33.9 Å². The fraction of sp³-hybridized carbons (Fsp3) is 0.650. The van der Waals surface area contributed by atoms with Crippen LogP contribution in [0.15, 0.2) is 23.2 Å². The molecule has 3 rings (SSSR count). The Hall–Kier alpha value is -1.22. The van der Waals surface area contributed by atoms with E-state index in [9.17, 15) is 0 Å². The van der Waals surface area contributed by atoms with Crippen LogP contribution in [0.3, 0.4) is 0 Å². The van der Waals surface area contributed by atoms with Gasteiger partial charge < -0.3 is 20.1 Å². The number of likely N-dealkylation sites (tertiary alicyclic amines) is 1. The first-order valence-electron chi connectivity index (χ1n) is 9.63. The minimum absolute atomic E-state index is 0. The number of rotatable bonds is 7. The minimum Gasteiger partial charge on any atom is -0.497 e. The Labute approximate surface area is 180 Å². The highest BCUT2D eigenvalue weighted by atomic mass is 127. The summed E-state index contributed by atoms with van der Waals surface area (Å²) in [6, 6.07) is 7.12. The van der Waals surface area contributed by atoms with Crippen LogP contribution in [0.25, 0.3) is 0 Å². The lowest BCUT2D eigenvalue weighted by Gasteiger charge is -2.19. The number of benzene rings is 1. The average Bonchev–Trinajstić information content (AvgIpc) is 3.14. The smallest absolute Gasteiger partial charge is 0.191 e. The summed E-state index contributed by atoms with van der Waals surface area (Å²) in [6.07, 6.45) is 2.38. The van der Waals surface area contributed by atoms with E-state index >= 15 is 0 Å². The first-order valence-corrected chi connectivity index (χ1v) is 9.63. The van der Waals surface area contributed by atoms with Crippen LogP contribution in [-0.4, -0.2) is 56.8 Å². The second-order valence-electron chi connectivity index (χ2n) is 7.37. The largest absolute Gasteiger partial charge is 0.497 e. The maximum absolute atomic E-state index is 5.38. The first-order chi connectivity index (χ1) is 12.6. The lowest BCUT2D eigenvalue weighted by Crippen LogP contribution is -2.45. The summed E-state index contributed by atoms with van der Waals surface area (Å²) in [4.78, 5) is 7.07. The van der Waals surface area contributed by atoms with Gasteiger partial charge in [-0.25, -0.2) is 0 Å². The molecule has 0 spiro atoms. The molecule has 3 atom stereocenters. The van der Waals surface area contributed by atoms with Gasteiger partial charge in [0.1, 0.15) is 11.5 Å². The number of nitrogens with one attached hydrogen (secondary N) is 2. The van der Waals surface area contributed by atoms with Crippen LogP contribution < -0.4 is 20.1 Å². The summed E-state index contributed by atoms with van der Waals surface area (Å²) >= 11 is 0. The van der Waals surface area contributed by atoms with Gasteiger partial charge in [-0.15, -0.1) is 24.0 Å². The number of nitrogens with zero attached hydrogens (tertiary/aromatic N) is 2. The third-order valence-corrected chi connectivity index (χ3v) is 5.18. The molecule has 1 heterocycles. The molecule has 0 bridgehead atoms. The molecule has 1 aliphatic carbocycles. The van der Waals surface area contributed by atoms with Crippen molar-refractivity contribution in [1.82, 2.24) is 15.5 Å². The Kier molecular flexibility index (Phi) is 8.47. The summed E-state index contributed by atoms with van der Waals surface area (Å²) < 4.78 is 10.8. The summed E-state index contributed by atoms with van der Waals surface area (Å²) in [5.74, 6) is 3.42. The molecule has 0 radical (unpaired) electrons. The van der Waals surface area contributed by atoms with E-state index in [1.54, 1.807) is 14.2 Å². The zero-order valence-electron chi connectivity index (χ0n) is 16.8. The zero-order valence-corrected chi connectivity index (χ0v) is 19.2. The third-order valence-electron chi connectivity index (χ3n) is 5.18. The van der Waals surface area contributed by atoms with Gasteiger partial charge in [-0.3, -0.25) is 9.89 Å². The van der Waals surface area contributed by atoms with Crippen LogP contribution in [0.4, 0.5) is 0 Å². The Morgan fingerprint density at radius 3 is 2.41 bits per heavy atom. The second-order valence-corrected chi connectivity index (χ2v) is 7.37. The van der Waals surface area contributed by atoms with Crippen LogP contribution in [0.2, 0.25) is 0 Å². The molecule has 2 aliphatic rings. The molecule has 6 nitrogen and oxygen atoms in total. The van der Waals surface area contributed by atoms with Gasteiger partial charge in [-0.2, -0.15) is 0 Å². The number of aliphatic imine (C=N–C) groups is 1. The van der Waals surface area contributed by atoms with Crippen LogP contribution in [0, 0.1) is 5.92 Å². The van der Waals surface area contributed by atoms with Crippen molar-refractivity contribution < 1.29 is 9.47 Å². The van der Waals surface area contributed by atoms with Crippen LogP contribution in [-0.2, 0) is 6.54 Å². The van der Waals surface area contributed by atoms with Crippen molar-refractivity contribution in [2.45, 2.75) is 45.3 Å². The van der Waals surface area contributed by atoms with Gasteiger partial charge in [0, 0.05) is 44.3 Å². The van der Waals surface area contributed by atoms with Crippen molar-refractivity contribution >= 4 is 29.9 Å². The van der Waals surface area contributed by atoms with Gasteiger partial charge in [0.15, 0.2) is 5.96 Å². The molecule has 2 N–H and O–H groups in total. The van der Waals surface area contributed by atoms with E-state index in [0.717, 1.165) is 56.0 Å². The molecule has 152 valence electrons. The molecule has 1 saturated carbocycles. The predicted octanol–water partition coefficient (Wildman–Crippen LogP) is 2.86. The van der Waals surface area contributed by atoms with Crippen molar-refractivity contribution in [1.29, 1.82) is 0 Å². The summed E-state index contributed by atoms with van der Waals surface area (Å²) in [5, 5.41) is 7.17. The lowest BCUT2D eigenvalue weighted by molar-refractivity contribution is 0.321. The van der Waals surface area contributed by atoms with Crippen molar-refractivity contribution in [2.24, 2.45) is 10.9 Å². The van der Waals surface area contributed by atoms with Gasteiger partial charge in [0.25, 0.3) is 0 Å². The molecule has 0 amide bonds. The van der Waals surface area contributed by atoms with E-state index in [4.69, 9.17) is 9.47 Å². The molecule has 0 aromatic heterocycles. The maximum Gasteiger partial charge on any atom is 0.191 e. The number of ether oxygens (including phenoxy) is 2. The maximum atomic E-state index is 5.38. The van der Waals surface area contributed by atoms with E-state index in [1.165, 1.54) is 12.0 Å². The average molecular weight is 488 g/mol. The van der Waals surface area contributed by atoms with Crippen LogP contribution in [0.1, 0.15) is 32.3 Å². The van der Waals surface area contributed by atoms with E-state index in [2.05, 4.69) is 46.5 Å². The molecule has 1 aliphatic heterocycles. The first kappa shape index (κ1) is 22.1. The highest BCUT2D eigenvalue weighted by Gasteiger charge is 2.34. The molecule has 7 heteroatoms. The zero-order chi connectivity index (χ0) is 18.5. The second kappa shape index (κ2) is 10.4. The fourth-order valence-corrected chi connectivity index (χ4v) is 3.49. The Balaban J connectivity index is 0.00000261. The number of guanidine groups is 1.